The van der Waals surface area contributed by atoms with Crippen molar-refractivity contribution in [3.8, 4) is 0 Å². The maximum Gasteiger partial charge on any atom is 0.223 e. The van der Waals surface area contributed by atoms with Crippen molar-refractivity contribution in [2.75, 3.05) is 6.54 Å². The highest BCUT2D eigenvalue weighted by molar-refractivity contribution is 5.82. The van der Waals surface area contributed by atoms with Crippen LogP contribution in [-0.4, -0.2) is 12.5 Å². The number of nitrogens with one attached hydrogen (secondary N) is 1. The van der Waals surface area contributed by atoms with Crippen molar-refractivity contribution >= 4 is 5.91 Å². The minimum atomic E-state index is 0.223. The van der Waals surface area contributed by atoms with Crippen molar-refractivity contribution < 1.29 is 4.79 Å². The zero-order valence-electron chi connectivity index (χ0n) is 8.11. The Morgan fingerprint density at radius 3 is 2.25 bits per heavy atom. The molecule has 2 unspecified atom stereocenters. The normalized spacial score (nSPS) is 44.2. The first kappa shape index (κ1) is 8.09. The van der Waals surface area contributed by atoms with E-state index in [1.54, 1.807) is 0 Å². The van der Waals surface area contributed by atoms with Gasteiger partial charge in [0.2, 0.25) is 5.91 Å². The fourth-order valence-corrected chi connectivity index (χ4v) is 2.88. The summed E-state index contributed by atoms with van der Waals surface area (Å²) in [6.45, 7) is 7.55. The molecular formula is C10H17NO. The van der Waals surface area contributed by atoms with Gasteiger partial charge in [-0.15, -0.1) is 0 Å². The molecular weight excluding hydrogens is 150 g/mol. The van der Waals surface area contributed by atoms with E-state index in [9.17, 15) is 4.79 Å². The van der Waals surface area contributed by atoms with Crippen LogP contribution in [0.4, 0.5) is 0 Å². The molecule has 2 rings (SSSR count). The van der Waals surface area contributed by atoms with Crippen LogP contribution in [0.25, 0.3) is 0 Å². The maximum absolute atomic E-state index is 11.4. The number of amides is 1. The lowest BCUT2D eigenvalue weighted by Gasteiger charge is -2.56. The molecule has 2 nitrogen and oxygen atoms in total. The molecule has 0 bridgehead atoms. The van der Waals surface area contributed by atoms with Gasteiger partial charge in [0.1, 0.15) is 0 Å². The molecule has 0 aromatic rings. The monoisotopic (exact) mass is 167 g/mol. The molecule has 1 aliphatic carbocycles. The van der Waals surface area contributed by atoms with E-state index >= 15 is 0 Å². The van der Waals surface area contributed by atoms with E-state index in [2.05, 4.69) is 26.1 Å². The van der Waals surface area contributed by atoms with Crippen LogP contribution in [0.5, 0.6) is 0 Å². The second-order valence-corrected chi connectivity index (χ2v) is 4.98. The Balaban J connectivity index is 2.29. The quantitative estimate of drug-likeness (QED) is 0.583. The van der Waals surface area contributed by atoms with Gasteiger partial charge in [0.15, 0.2) is 0 Å². The van der Waals surface area contributed by atoms with Gasteiger partial charge in [-0.3, -0.25) is 4.79 Å². The molecule has 0 radical (unpaired) electrons. The molecule has 1 amide bonds. The summed E-state index contributed by atoms with van der Waals surface area (Å²) in [6.07, 6.45) is 2.49. The fraction of sp³-hybridized carbons (Fsp3) is 0.900. The number of rotatable bonds is 0. The highest BCUT2D eigenvalue weighted by Gasteiger charge is 2.60. The summed E-state index contributed by atoms with van der Waals surface area (Å²) in [4.78, 5) is 11.4. The Hall–Kier alpha value is -0.530. The zero-order valence-corrected chi connectivity index (χ0v) is 8.11. The van der Waals surface area contributed by atoms with Crippen molar-refractivity contribution in [3.05, 3.63) is 0 Å². The van der Waals surface area contributed by atoms with Crippen LogP contribution in [0, 0.1) is 16.7 Å². The van der Waals surface area contributed by atoms with Crippen molar-refractivity contribution in [2.24, 2.45) is 16.7 Å². The second-order valence-electron chi connectivity index (χ2n) is 4.98. The molecule has 0 aromatic heterocycles. The van der Waals surface area contributed by atoms with Gasteiger partial charge in [0.05, 0.1) is 0 Å². The first-order chi connectivity index (χ1) is 5.50. The summed E-state index contributed by atoms with van der Waals surface area (Å²) >= 11 is 0. The van der Waals surface area contributed by atoms with Gasteiger partial charge in [-0.2, -0.15) is 0 Å². The second kappa shape index (κ2) is 2.04. The molecule has 0 aromatic carbocycles. The van der Waals surface area contributed by atoms with E-state index in [0.29, 0.717) is 5.41 Å². The van der Waals surface area contributed by atoms with Gasteiger partial charge in [-0.1, -0.05) is 20.8 Å². The van der Waals surface area contributed by atoms with E-state index in [-0.39, 0.29) is 17.2 Å². The molecule has 68 valence electrons. The maximum atomic E-state index is 11.4. The van der Waals surface area contributed by atoms with E-state index in [4.69, 9.17) is 0 Å². The molecule has 12 heavy (non-hydrogen) atoms. The van der Waals surface area contributed by atoms with Crippen LogP contribution in [0.2, 0.25) is 0 Å². The average Bonchev–Trinajstić information content (AvgIpc) is 2.30. The van der Waals surface area contributed by atoms with Crippen molar-refractivity contribution in [1.29, 1.82) is 0 Å². The van der Waals surface area contributed by atoms with E-state index in [0.717, 1.165) is 6.54 Å². The largest absolute Gasteiger partial charge is 0.355 e. The summed E-state index contributed by atoms with van der Waals surface area (Å²) in [7, 11) is 0. The van der Waals surface area contributed by atoms with E-state index in [1.807, 2.05) is 0 Å². The topological polar surface area (TPSA) is 29.1 Å². The van der Waals surface area contributed by atoms with Gasteiger partial charge in [-0.25, -0.2) is 0 Å². The Morgan fingerprint density at radius 2 is 2.08 bits per heavy atom. The Kier molecular flexibility index (Phi) is 1.37. The summed E-state index contributed by atoms with van der Waals surface area (Å²) < 4.78 is 0. The molecule has 1 heterocycles. The first-order valence-electron chi connectivity index (χ1n) is 4.77. The highest BCUT2D eigenvalue weighted by Crippen LogP contribution is 2.61. The summed E-state index contributed by atoms with van der Waals surface area (Å²) in [5.74, 6) is 0.476. The van der Waals surface area contributed by atoms with Crippen molar-refractivity contribution in [1.82, 2.24) is 5.32 Å². The number of hydrogen-bond acceptors (Lipinski definition) is 1. The third kappa shape index (κ3) is 0.686. The number of carbonyl (C=O) groups excluding carboxylic acids is 1. The Labute approximate surface area is 73.7 Å². The molecule has 2 heteroatoms. The van der Waals surface area contributed by atoms with Gasteiger partial charge in [-0.05, 0) is 18.3 Å². The molecule has 2 fully saturated rings. The lowest BCUT2D eigenvalue weighted by atomic mass is 9.48. The standard InChI is InChI=1S/C10H17NO/c1-7-8(12)11-6-10(7)5-4-9(10,2)3/h7H,4-6H2,1-3H3,(H,11,12). The van der Waals surface area contributed by atoms with Gasteiger partial charge in [0, 0.05) is 17.9 Å². The molecule has 1 N–H and O–H groups in total. The molecule has 1 saturated carbocycles. The first-order valence-corrected chi connectivity index (χ1v) is 4.77. The van der Waals surface area contributed by atoms with E-state index < -0.39 is 0 Å². The zero-order chi connectivity index (χ0) is 8.98. The van der Waals surface area contributed by atoms with Gasteiger partial charge >= 0.3 is 0 Å². The Bertz CT molecular complexity index is 234. The van der Waals surface area contributed by atoms with Gasteiger partial charge < -0.3 is 5.32 Å². The van der Waals surface area contributed by atoms with E-state index in [1.165, 1.54) is 12.8 Å². The smallest absolute Gasteiger partial charge is 0.223 e. The SMILES string of the molecule is CC1C(=O)NCC12CCC2(C)C. The molecule has 2 aliphatic rings. The van der Waals surface area contributed by atoms with Crippen LogP contribution in [0.15, 0.2) is 0 Å². The lowest BCUT2D eigenvalue weighted by molar-refractivity contribution is -0.130. The molecule has 1 aliphatic heterocycles. The van der Waals surface area contributed by atoms with Crippen LogP contribution in [0.1, 0.15) is 33.6 Å². The minimum absolute atomic E-state index is 0.223. The van der Waals surface area contributed by atoms with Crippen molar-refractivity contribution in [3.63, 3.8) is 0 Å². The molecule has 1 spiro atoms. The molecule has 2 atom stereocenters. The fourth-order valence-electron chi connectivity index (χ4n) is 2.88. The van der Waals surface area contributed by atoms with Crippen LogP contribution >= 0.6 is 0 Å². The molecule has 1 saturated heterocycles. The summed E-state index contributed by atoms with van der Waals surface area (Å²) in [6, 6.07) is 0. The minimum Gasteiger partial charge on any atom is -0.355 e. The third-order valence-corrected chi connectivity index (χ3v) is 4.34. The third-order valence-electron chi connectivity index (χ3n) is 4.34. The van der Waals surface area contributed by atoms with Gasteiger partial charge in [0.25, 0.3) is 0 Å². The summed E-state index contributed by atoms with van der Waals surface area (Å²) in [5, 5.41) is 2.98. The number of hydrogen-bond donors (Lipinski definition) is 1. The lowest BCUT2D eigenvalue weighted by Crippen LogP contribution is -2.52. The average molecular weight is 167 g/mol. The van der Waals surface area contributed by atoms with Crippen LogP contribution in [-0.2, 0) is 4.79 Å². The summed E-state index contributed by atoms with van der Waals surface area (Å²) in [5.41, 5.74) is 0.648. The van der Waals surface area contributed by atoms with Crippen LogP contribution in [0.3, 0.4) is 0 Å². The highest BCUT2D eigenvalue weighted by atomic mass is 16.2. The predicted molar refractivity (Wildman–Crippen MR) is 47.6 cm³/mol. The van der Waals surface area contributed by atoms with Crippen LogP contribution < -0.4 is 5.32 Å². The number of carbonyl (C=O) groups is 1. The Morgan fingerprint density at radius 1 is 1.42 bits per heavy atom. The van der Waals surface area contributed by atoms with Crippen molar-refractivity contribution in [2.45, 2.75) is 33.6 Å². The predicted octanol–water partition coefficient (Wildman–Crippen LogP) is 1.56.